The average molecular weight is 549 g/mol. The molecule has 0 unspecified atom stereocenters. The molecule has 0 atom stereocenters. The number of piperidine rings is 1. The lowest BCUT2D eigenvalue weighted by Gasteiger charge is -2.36. The first-order valence-corrected chi connectivity index (χ1v) is 13.1. The lowest BCUT2D eigenvalue weighted by Crippen LogP contribution is -2.49. The first-order chi connectivity index (χ1) is 18.3. The second-order valence-corrected chi connectivity index (χ2v) is 10.6. The van der Waals surface area contributed by atoms with Gasteiger partial charge in [0.1, 0.15) is 11.6 Å². The Morgan fingerprint density at radius 3 is 2.63 bits per heavy atom. The number of hydrogen-bond acceptors (Lipinski definition) is 7. The fraction of sp³-hybridized carbons (Fsp3) is 0.500. The van der Waals surface area contributed by atoms with Crippen LogP contribution in [0.2, 0.25) is 5.02 Å². The zero-order valence-corrected chi connectivity index (χ0v) is 21.7. The van der Waals surface area contributed by atoms with E-state index in [1.54, 1.807) is 11.0 Å². The average Bonchev–Trinajstić information content (AvgIpc) is 3.19. The SMILES string of the molecule is COc1cc(F)cnc1N1CCC(c2nnc3n2-c2ccc(Cl)cc2CN(CC(F)(F)C2COC2)C3)CC1. The van der Waals surface area contributed by atoms with Crippen LogP contribution in [0.4, 0.5) is 19.0 Å². The molecule has 2 saturated heterocycles. The Morgan fingerprint density at radius 1 is 1.13 bits per heavy atom. The van der Waals surface area contributed by atoms with Crippen molar-refractivity contribution >= 4 is 17.4 Å². The van der Waals surface area contributed by atoms with Crippen molar-refractivity contribution < 1.29 is 22.6 Å². The van der Waals surface area contributed by atoms with Crippen LogP contribution in [-0.4, -0.2) is 70.5 Å². The third-order valence-electron chi connectivity index (χ3n) is 7.65. The van der Waals surface area contributed by atoms with Crippen LogP contribution in [0.5, 0.6) is 5.75 Å². The number of fused-ring (bicyclic) bond motifs is 3. The van der Waals surface area contributed by atoms with Gasteiger partial charge in [0.2, 0.25) is 0 Å². The van der Waals surface area contributed by atoms with E-state index >= 15 is 0 Å². The highest BCUT2D eigenvalue weighted by Gasteiger charge is 2.46. The number of rotatable bonds is 6. The molecular weight excluding hydrogens is 521 g/mol. The molecule has 2 aromatic heterocycles. The van der Waals surface area contributed by atoms with Crippen molar-refractivity contribution in [2.75, 3.05) is 44.9 Å². The zero-order valence-electron chi connectivity index (χ0n) is 20.9. The van der Waals surface area contributed by atoms with Gasteiger partial charge in [-0.25, -0.2) is 18.2 Å². The predicted molar refractivity (Wildman–Crippen MR) is 135 cm³/mol. The second kappa shape index (κ2) is 10.0. The van der Waals surface area contributed by atoms with Gasteiger partial charge in [-0.3, -0.25) is 9.47 Å². The van der Waals surface area contributed by atoms with Crippen molar-refractivity contribution in [3.63, 3.8) is 0 Å². The normalized spacial score (nSPS) is 19.0. The number of ether oxygens (including phenoxy) is 2. The molecule has 0 saturated carbocycles. The topological polar surface area (TPSA) is 68.5 Å². The number of nitrogens with zero attached hydrogens (tertiary/aromatic N) is 6. The highest BCUT2D eigenvalue weighted by molar-refractivity contribution is 6.30. The molecule has 6 rings (SSSR count). The molecule has 0 aliphatic carbocycles. The third kappa shape index (κ3) is 4.71. The van der Waals surface area contributed by atoms with Crippen molar-refractivity contribution in [3.8, 4) is 11.4 Å². The van der Waals surface area contributed by atoms with Crippen LogP contribution in [0.3, 0.4) is 0 Å². The number of anilines is 1. The van der Waals surface area contributed by atoms with Crippen molar-refractivity contribution in [1.82, 2.24) is 24.6 Å². The lowest BCUT2D eigenvalue weighted by molar-refractivity contribution is -0.179. The van der Waals surface area contributed by atoms with E-state index in [1.807, 2.05) is 16.7 Å². The second-order valence-electron chi connectivity index (χ2n) is 10.2. The molecule has 5 heterocycles. The summed E-state index contributed by atoms with van der Waals surface area (Å²) in [6, 6.07) is 6.89. The quantitative estimate of drug-likeness (QED) is 0.451. The first kappa shape index (κ1) is 25.4. The molecule has 2 fully saturated rings. The monoisotopic (exact) mass is 548 g/mol. The molecule has 1 aromatic carbocycles. The number of pyridine rings is 1. The summed E-state index contributed by atoms with van der Waals surface area (Å²) in [6.45, 7) is 1.71. The molecule has 3 aliphatic rings. The minimum Gasteiger partial charge on any atom is -0.493 e. The molecular formula is C26H28ClF3N6O2. The Hall–Kier alpha value is -2.89. The molecule has 3 aliphatic heterocycles. The maximum absolute atomic E-state index is 14.9. The summed E-state index contributed by atoms with van der Waals surface area (Å²) in [4.78, 5) is 8.05. The Labute approximate surface area is 223 Å². The van der Waals surface area contributed by atoms with Crippen LogP contribution in [-0.2, 0) is 17.8 Å². The summed E-state index contributed by atoms with van der Waals surface area (Å²) in [5, 5.41) is 9.58. The molecule has 202 valence electrons. The number of aromatic nitrogens is 4. The largest absolute Gasteiger partial charge is 0.493 e. The van der Waals surface area contributed by atoms with Crippen LogP contribution in [0.1, 0.15) is 36.0 Å². The molecule has 0 N–H and O–H groups in total. The van der Waals surface area contributed by atoms with Crippen molar-refractivity contribution in [1.29, 1.82) is 0 Å². The van der Waals surface area contributed by atoms with E-state index in [0.717, 1.165) is 29.9 Å². The summed E-state index contributed by atoms with van der Waals surface area (Å²) in [5.74, 6) is -1.53. The fourth-order valence-electron chi connectivity index (χ4n) is 5.52. The van der Waals surface area contributed by atoms with Crippen molar-refractivity contribution in [2.24, 2.45) is 5.92 Å². The van der Waals surface area contributed by atoms with E-state index in [0.29, 0.717) is 42.0 Å². The van der Waals surface area contributed by atoms with E-state index in [2.05, 4.69) is 20.1 Å². The molecule has 12 heteroatoms. The summed E-state index contributed by atoms with van der Waals surface area (Å²) in [5.41, 5.74) is 1.72. The van der Waals surface area contributed by atoms with E-state index in [1.165, 1.54) is 19.4 Å². The summed E-state index contributed by atoms with van der Waals surface area (Å²) < 4.78 is 55.9. The summed E-state index contributed by atoms with van der Waals surface area (Å²) in [6.07, 6.45) is 2.73. The number of hydrogen-bond donors (Lipinski definition) is 0. The highest BCUT2D eigenvalue weighted by atomic mass is 35.5. The van der Waals surface area contributed by atoms with Crippen LogP contribution < -0.4 is 9.64 Å². The number of alkyl halides is 2. The predicted octanol–water partition coefficient (Wildman–Crippen LogP) is 4.44. The van der Waals surface area contributed by atoms with E-state index < -0.39 is 17.7 Å². The summed E-state index contributed by atoms with van der Waals surface area (Å²) >= 11 is 6.32. The molecule has 0 spiro atoms. The minimum atomic E-state index is -2.86. The van der Waals surface area contributed by atoms with Gasteiger partial charge in [-0.15, -0.1) is 10.2 Å². The van der Waals surface area contributed by atoms with E-state index in [-0.39, 0.29) is 32.2 Å². The Kier molecular flexibility index (Phi) is 6.69. The zero-order chi connectivity index (χ0) is 26.4. The Morgan fingerprint density at radius 2 is 1.92 bits per heavy atom. The first-order valence-electron chi connectivity index (χ1n) is 12.7. The number of halogens is 4. The van der Waals surface area contributed by atoms with Gasteiger partial charge in [-0.05, 0) is 36.6 Å². The minimum absolute atomic E-state index is 0.0849. The number of methoxy groups -OCH3 is 1. The standard InChI is InChI=1S/C26H28ClF3N6O2/c1-37-22-9-20(28)10-31-25(22)35-6-4-16(5-7-35)24-33-32-23-12-34(15-26(29,30)18-13-38-14-18)11-17-8-19(27)2-3-21(17)36(23)24/h2-3,8-10,16,18H,4-7,11-15H2,1H3. The fourth-order valence-corrected chi connectivity index (χ4v) is 5.72. The maximum atomic E-state index is 14.9. The van der Waals surface area contributed by atoms with Gasteiger partial charge in [0.15, 0.2) is 17.4 Å². The van der Waals surface area contributed by atoms with Gasteiger partial charge in [-0.2, -0.15) is 0 Å². The summed E-state index contributed by atoms with van der Waals surface area (Å²) in [7, 11) is 1.50. The van der Waals surface area contributed by atoms with Crippen LogP contribution in [0.25, 0.3) is 5.69 Å². The van der Waals surface area contributed by atoms with Gasteiger partial charge in [-0.1, -0.05) is 11.6 Å². The van der Waals surface area contributed by atoms with Crippen molar-refractivity contribution in [2.45, 2.75) is 37.8 Å². The highest BCUT2D eigenvalue weighted by Crippen LogP contribution is 2.37. The Balaban J connectivity index is 1.26. The number of benzene rings is 1. The molecule has 0 radical (unpaired) electrons. The van der Waals surface area contributed by atoms with Crippen molar-refractivity contribution in [3.05, 3.63) is 58.5 Å². The maximum Gasteiger partial charge on any atom is 0.267 e. The van der Waals surface area contributed by atoms with Gasteiger partial charge < -0.3 is 14.4 Å². The van der Waals surface area contributed by atoms with Crippen LogP contribution in [0.15, 0.2) is 30.5 Å². The molecule has 0 amide bonds. The van der Waals surface area contributed by atoms with E-state index in [9.17, 15) is 13.2 Å². The molecule has 0 bridgehead atoms. The van der Waals surface area contributed by atoms with Gasteiger partial charge in [0, 0.05) is 36.6 Å². The lowest BCUT2D eigenvalue weighted by atomic mass is 9.95. The van der Waals surface area contributed by atoms with Gasteiger partial charge >= 0.3 is 0 Å². The van der Waals surface area contributed by atoms with Gasteiger partial charge in [0.25, 0.3) is 5.92 Å². The van der Waals surface area contributed by atoms with Crippen LogP contribution in [0, 0.1) is 11.7 Å². The Bertz CT molecular complexity index is 1330. The molecule has 8 nitrogen and oxygen atoms in total. The van der Waals surface area contributed by atoms with E-state index in [4.69, 9.17) is 21.1 Å². The van der Waals surface area contributed by atoms with Crippen LogP contribution >= 0.6 is 11.6 Å². The molecule has 3 aromatic rings. The third-order valence-corrected chi connectivity index (χ3v) is 7.88. The molecule has 38 heavy (non-hydrogen) atoms. The van der Waals surface area contributed by atoms with Gasteiger partial charge in [0.05, 0.1) is 51.2 Å². The smallest absolute Gasteiger partial charge is 0.267 e.